The van der Waals surface area contributed by atoms with Crippen molar-refractivity contribution in [2.24, 2.45) is 0 Å². The van der Waals surface area contributed by atoms with Crippen molar-refractivity contribution < 1.29 is 4.42 Å². The number of rotatable bonds is 3. The third kappa shape index (κ3) is 3.99. The van der Waals surface area contributed by atoms with Crippen LogP contribution in [0.5, 0.6) is 0 Å². The van der Waals surface area contributed by atoms with Gasteiger partial charge in [-0.15, -0.1) is 0 Å². The van der Waals surface area contributed by atoms with Crippen LogP contribution in [0.15, 0.2) is 174 Å². The van der Waals surface area contributed by atoms with Gasteiger partial charge in [0, 0.05) is 21.6 Å². The molecule has 244 valence electrons. The maximum atomic E-state index is 6.81. The van der Waals surface area contributed by atoms with Gasteiger partial charge in [0.2, 0.25) is 0 Å². The van der Waals surface area contributed by atoms with Gasteiger partial charge in [-0.3, -0.25) is 0 Å². The summed E-state index contributed by atoms with van der Waals surface area (Å²) < 4.78 is 6.81. The van der Waals surface area contributed by atoms with Gasteiger partial charge in [-0.2, -0.15) is 0 Å². The molecule has 0 bridgehead atoms. The molecule has 1 heteroatoms. The lowest BCUT2D eigenvalue weighted by Gasteiger charge is -2.22. The largest absolute Gasteiger partial charge is 0.455 e. The zero-order chi connectivity index (χ0) is 34.6. The first-order chi connectivity index (χ1) is 25.6. The van der Waals surface area contributed by atoms with Gasteiger partial charge < -0.3 is 4.42 Å². The molecule has 0 saturated carbocycles. The zero-order valence-electron chi connectivity index (χ0n) is 29.1. The van der Waals surface area contributed by atoms with Crippen LogP contribution in [0.2, 0.25) is 0 Å². The fraction of sp³-hybridized carbons (Fsp3) is 0.0588. The van der Waals surface area contributed by atoms with Crippen molar-refractivity contribution >= 4 is 54.3 Å². The highest BCUT2D eigenvalue weighted by Crippen LogP contribution is 2.54. The molecule has 0 saturated heterocycles. The predicted octanol–water partition coefficient (Wildman–Crippen LogP) is 14.4. The summed E-state index contributed by atoms with van der Waals surface area (Å²) >= 11 is 0. The van der Waals surface area contributed by atoms with Gasteiger partial charge in [0.1, 0.15) is 11.2 Å². The Morgan fingerprint density at radius 3 is 1.65 bits per heavy atom. The molecule has 1 nitrogen and oxygen atoms in total. The molecule has 0 N–H and O–H groups in total. The van der Waals surface area contributed by atoms with Crippen LogP contribution in [0.1, 0.15) is 25.0 Å². The summed E-state index contributed by atoms with van der Waals surface area (Å²) in [4.78, 5) is 0. The molecule has 1 heterocycles. The summed E-state index contributed by atoms with van der Waals surface area (Å²) in [5.74, 6) is 0. The van der Waals surface area contributed by atoms with E-state index in [1.54, 1.807) is 0 Å². The van der Waals surface area contributed by atoms with Crippen molar-refractivity contribution in [3.05, 3.63) is 181 Å². The average molecular weight is 663 g/mol. The van der Waals surface area contributed by atoms with Gasteiger partial charge in [0.25, 0.3) is 0 Å². The van der Waals surface area contributed by atoms with Crippen molar-refractivity contribution in [2.75, 3.05) is 0 Å². The Hall–Kier alpha value is -6.44. The molecule has 1 aromatic heterocycles. The second-order valence-electron chi connectivity index (χ2n) is 14.8. The van der Waals surface area contributed by atoms with Crippen LogP contribution in [0, 0.1) is 0 Å². The normalized spacial score (nSPS) is 13.3. The molecular formula is C51H34O. The molecule has 0 radical (unpaired) electrons. The second-order valence-corrected chi connectivity index (χ2v) is 14.8. The van der Waals surface area contributed by atoms with E-state index in [4.69, 9.17) is 4.42 Å². The quantitative estimate of drug-likeness (QED) is 0.172. The molecular weight excluding hydrogens is 629 g/mol. The molecule has 11 rings (SSSR count). The second kappa shape index (κ2) is 10.8. The minimum atomic E-state index is -0.151. The highest BCUT2D eigenvalue weighted by Gasteiger charge is 2.38. The van der Waals surface area contributed by atoms with Crippen molar-refractivity contribution in [3.63, 3.8) is 0 Å². The summed E-state index contributed by atoms with van der Waals surface area (Å²) in [5.41, 5.74) is 14.5. The van der Waals surface area contributed by atoms with E-state index in [0.717, 1.165) is 16.6 Å². The first-order valence-corrected chi connectivity index (χ1v) is 18.2. The van der Waals surface area contributed by atoms with Crippen LogP contribution < -0.4 is 0 Å². The molecule has 0 aliphatic heterocycles. The summed E-state index contributed by atoms with van der Waals surface area (Å²) in [7, 11) is 0. The number of furan rings is 1. The van der Waals surface area contributed by atoms with Crippen molar-refractivity contribution in [1.82, 2.24) is 0 Å². The SMILES string of the molecule is CC1(C)c2ccccc2-c2ccc3oc4c5ccccc5c(-c5cccc(-c6c7ccccc7c(-c7ccccc7)c7ccccc67)c5)cc4c3c21. The molecule has 0 atom stereocenters. The Kier molecular flexibility index (Phi) is 6.08. The van der Waals surface area contributed by atoms with Gasteiger partial charge in [0.05, 0.1) is 0 Å². The summed E-state index contributed by atoms with van der Waals surface area (Å²) in [6, 6.07) is 62.2. The molecule has 1 aliphatic rings. The summed E-state index contributed by atoms with van der Waals surface area (Å²) in [6.07, 6.45) is 0. The van der Waals surface area contributed by atoms with Gasteiger partial charge >= 0.3 is 0 Å². The zero-order valence-corrected chi connectivity index (χ0v) is 29.1. The number of hydrogen-bond donors (Lipinski definition) is 0. The van der Waals surface area contributed by atoms with E-state index in [0.29, 0.717) is 0 Å². The first-order valence-electron chi connectivity index (χ1n) is 18.2. The van der Waals surface area contributed by atoms with E-state index < -0.39 is 0 Å². The van der Waals surface area contributed by atoms with Crippen LogP contribution >= 0.6 is 0 Å². The third-order valence-corrected chi connectivity index (χ3v) is 11.6. The fourth-order valence-corrected chi connectivity index (χ4v) is 9.40. The Morgan fingerprint density at radius 2 is 0.942 bits per heavy atom. The van der Waals surface area contributed by atoms with Gasteiger partial charge in [-0.25, -0.2) is 0 Å². The molecule has 0 unspecified atom stereocenters. The van der Waals surface area contributed by atoms with E-state index in [1.807, 2.05) is 0 Å². The summed E-state index contributed by atoms with van der Waals surface area (Å²) in [6.45, 7) is 4.72. The number of benzene rings is 9. The van der Waals surface area contributed by atoms with Crippen molar-refractivity contribution in [2.45, 2.75) is 19.3 Å². The number of fused-ring (bicyclic) bond motifs is 11. The molecule has 10 aromatic rings. The van der Waals surface area contributed by atoms with Gasteiger partial charge in [-0.05, 0) is 101 Å². The lowest BCUT2D eigenvalue weighted by atomic mass is 9.80. The Balaban J connectivity index is 1.19. The maximum absolute atomic E-state index is 6.81. The summed E-state index contributed by atoms with van der Waals surface area (Å²) in [5, 5.41) is 9.79. The topological polar surface area (TPSA) is 13.1 Å². The van der Waals surface area contributed by atoms with Crippen LogP contribution in [0.4, 0.5) is 0 Å². The predicted molar refractivity (Wildman–Crippen MR) is 220 cm³/mol. The van der Waals surface area contributed by atoms with Crippen LogP contribution in [0.25, 0.3) is 98.8 Å². The number of hydrogen-bond acceptors (Lipinski definition) is 1. The molecule has 0 fully saturated rings. The molecule has 1 aliphatic carbocycles. The van der Waals surface area contributed by atoms with E-state index >= 15 is 0 Å². The molecule has 9 aromatic carbocycles. The first kappa shape index (κ1) is 29.3. The van der Waals surface area contributed by atoms with E-state index in [2.05, 4.69) is 184 Å². The highest BCUT2D eigenvalue weighted by molar-refractivity contribution is 6.23. The Morgan fingerprint density at radius 1 is 0.385 bits per heavy atom. The van der Waals surface area contributed by atoms with E-state index in [-0.39, 0.29) is 5.41 Å². The monoisotopic (exact) mass is 662 g/mol. The average Bonchev–Trinajstić information content (AvgIpc) is 3.69. The van der Waals surface area contributed by atoms with Crippen LogP contribution in [-0.4, -0.2) is 0 Å². The molecule has 52 heavy (non-hydrogen) atoms. The van der Waals surface area contributed by atoms with Crippen molar-refractivity contribution in [1.29, 1.82) is 0 Å². The smallest absolute Gasteiger partial charge is 0.143 e. The Bertz CT molecular complexity index is 3030. The molecule has 0 amide bonds. The van der Waals surface area contributed by atoms with Crippen LogP contribution in [-0.2, 0) is 5.41 Å². The third-order valence-electron chi connectivity index (χ3n) is 11.6. The lowest BCUT2D eigenvalue weighted by molar-refractivity contribution is 0.658. The van der Waals surface area contributed by atoms with Gasteiger partial charge in [0.15, 0.2) is 0 Å². The van der Waals surface area contributed by atoms with E-state index in [1.165, 1.54) is 93.3 Å². The minimum Gasteiger partial charge on any atom is -0.455 e. The Labute approximate surface area is 302 Å². The van der Waals surface area contributed by atoms with Crippen LogP contribution in [0.3, 0.4) is 0 Å². The van der Waals surface area contributed by atoms with Crippen molar-refractivity contribution in [3.8, 4) is 44.5 Å². The van der Waals surface area contributed by atoms with Gasteiger partial charge in [-0.1, -0.05) is 166 Å². The van der Waals surface area contributed by atoms with E-state index in [9.17, 15) is 0 Å². The minimum absolute atomic E-state index is 0.151. The molecule has 0 spiro atoms. The fourth-order valence-electron chi connectivity index (χ4n) is 9.40. The maximum Gasteiger partial charge on any atom is 0.143 e. The highest BCUT2D eigenvalue weighted by atomic mass is 16.3. The standard InChI is InChI=1S/C51H34O/c1-51(2)44-26-13-12-20-35(44)40-27-28-45-48(49(40)51)43-30-42(34-19-6-11-25-41(34)50(43)52-45)32-17-14-18-33(29-32)47-38-23-9-7-21-36(38)46(31-15-4-3-5-16-31)37-22-8-10-24-39(37)47/h3-30H,1-2H3. The lowest BCUT2D eigenvalue weighted by Crippen LogP contribution is -2.15.